The van der Waals surface area contributed by atoms with Gasteiger partial charge in [-0.15, -0.1) is 0 Å². The van der Waals surface area contributed by atoms with Gasteiger partial charge in [-0.25, -0.2) is 18.5 Å². The van der Waals surface area contributed by atoms with Crippen LogP contribution in [0, 0.1) is 11.6 Å². The first-order chi connectivity index (χ1) is 15.3. The van der Waals surface area contributed by atoms with Crippen molar-refractivity contribution in [3.8, 4) is 11.1 Å². The van der Waals surface area contributed by atoms with Gasteiger partial charge in [0, 0.05) is 0 Å². The van der Waals surface area contributed by atoms with Crippen molar-refractivity contribution in [3.63, 3.8) is 0 Å². The normalized spacial score (nSPS) is 12.8. The lowest BCUT2D eigenvalue weighted by Gasteiger charge is -2.19. The molecule has 0 saturated carbocycles. The minimum Gasteiger partial charge on any atom is -0.462 e. The highest BCUT2D eigenvalue weighted by atomic mass is 19.2. The Kier molecular flexibility index (Phi) is 5.54. The van der Waals surface area contributed by atoms with Gasteiger partial charge in [-0.05, 0) is 60.0 Å². The minimum atomic E-state index is -1.06. The number of benzene rings is 3. The molecule has 4 rings (SSSR count). The van der Waals surface area contributed by atoms with Crippen molar-refractivity contribution in [2.45, 2.75) is 13.5 Å². The number of carbonyl (C=O) groups excluding carboxylic acids is 3. The molecule has 0 bridgehead atoms. The Bertz CT molecular complexity index is 1270. The van der Waals surface area contributed by atoms with E-state index in [0.29, 0.717) is 16.7 Å². The number of aliphatic hydroxyl groups is 1. The van der Waals surface area contributed by atoms with Crippen molar-refractivity contribution in [1.82, 2.24) is 0 Å². The van der Waals surface area contributed by atoms with E-state index in [4.69, 9.17) is 4.74 Å². The molecule has 8 heteroatoms. The fourth-order valence-electron chi connectivity index (χ4n) is 3.56. The van der Waals surface area contributed by atoms with Crippen LogP contribution in [0.15, 0.2) is 54.6 Å². The molecule has 0 aromatic heterocycles. The van der Waals surface area contributed by atoms with Gasteiger partial charge < -0.3 is 9.84 Å². The van der Waals surface area contributed by atoms with Gasteiger partial charge in [-0.3, -0.25) is 9.59 Å². The lowest BCUT2D eigenvalue weighted by atomic mass is 10.0. The average Bonchev–Trinajstić information content (AvgIpc) is 3.04. The average molecular weight is 437 g/mol. The number of carbonyl (C=O) groups is 3. The van der Waals surface area contributed by atoms with Crippen molar-refractivity contribution in [2.75, 3.05) is 11.5 Å². The van der Waals surface area contributed by atoms with Crippen LogP contribution >= 0.6 is 0 Å². The van der Waals surface area contributed by atoms with E-state index < -0.39 is 29.4 Å². The van der Waals surface area contributed by atoms with Gasteiger partial charge in [0.25, 0.3) is 11.8 Å². The van der Waals surface area contributed by atoms with Crippen LogP contribution in [0.4, 0.5) is 14.5 Å². The van der Waals surface area contributed by atoms with E-state index >= 15 is 0 Å². The summed E-state index contributed by atoms with van der Waals surface area (Å²) in [6, 6.07) is 11.9. The molecule has 1 aliphatic heterocycles. The molecule has 0 unspecified atom stereocenters. The van der Waals surface area contributed by atoms with E-state index in [2.05, 4.69) is 0 Å². The maximum atomic E-state index is 13.8. The number of aliphatic hydroxyl groups excluding tert-OH is 1. The van der Waals surface area contributed by atoms with Gasteiger partial charge in [0.15, 0.2) is 11.6 Å². The van der Waals surface area contributed by atoms with Gasteiger partial charge in [0.2, 0.25) is 0 Å². The topological polar surface area (TPSA) is 83.9 Å². The van der Waals surface area contributed by atoms with Gasteiger partial charge >= 0.3 is 5.97 Å². The third-order valence-corrected chi connectivity index (χ3v) is 5.12. The largest absolute Gasteiger partial charge is 0.462 e. The molecule has 6 nitrogen and oxygen atoms in total. The van der Waals surface area contributed by atoms with Gasteiger partial charge in [0.05, 0.1) is 35.6 Å². The third kappa shape index (κ3) is 3.54. The Morgan fingerprint density at radius 1 is 0.906 bits per heavy atom. The number of amides is 2. The Balaban J connectivity index is 1.87. The van der Waals surface area contributed by atoms with Crippen molar-refractivity contribution in [3.05, 3.63) is 88.5 Å². The van der Waals surface area contributed by atoms with E-state index in [1.165, 1.54) is 42.5 Å². The molecular weight excluding hydrogens is 420 g/mol. The second kappa shape index (κ2) is 8.32. The smallest absolute Gasteiger partial charge is 0.340 e. The molecule has 32 heavy (non-hydrogen) atoms. The van der Waals surface area contributed by atoms with Crippen LogP contribution in [0.25, 0.3) is 11.1 Å². The van der Waals surface area contributed by atoms with E-state index in [0.717, 1.165) is 17.0 Å². The van der Waals surface area contributed by atoms with Crippen LogP contribution in [-0.2, 0) is 11.3 Å². The van der Waals surface area contributed by atoms with Crippen molar-refractivity contribution >= 4 is 23.5 Å². The highest BCUT2D eigenvalue weighted by molar-refractivity contribution is 6.35. The Morgan fingerprint density at radius 3 is 2.28 bits per heavy atom. The summed E-state index contributed by atoms with van der Waals surface area (Å²) in [4.78, 5) is 39.6. The molecule has 162 valence electrons. The first kappa shape index (κ1) is 21.3. The van der Waals surface area contributed by atoms with Crippen molar-refractivity contribution in [2.24, 2.45) is 0 Å². The van der Waals surface area contributed by atoms with E-state index in [9.17, 15) is 28.3 Å². The maximum absolute atomic E-state index is 13.8. The van der Waals surface area contributed by atoms with E-state index in [1.54, 1.807) is 6.92 Å². The Hall–Kier alpha value is -3.91. The number of imide groups is 1. The molecule has 2 amide bonds. The summed E-state index contributed by atoms with van der Waals surface area (Å²) in [5.41, 5.74) is 1.25. The number of hydrogen-bond donors (Lipinski definition) is 1. The summed E-state index contributed by atoms with van der Waals surface area (Å²) in [7, 11) is 0. The number of anilines is 1. The van der Waals surface area contributed by atoms with Crippen LogP contribution in [0.2, 0.25) is 0 Å². The van der Waals surface area contributed by atoms with Crippen molar-refractivity contribution < 1.29 is 33.0 Å². The summed E-state index contributed by atoms with van der Waals surface area (Å²) in [5, 5.41) is 9.36. The van der Waals surface area contributed by atoms with Crippen LogP contribution < -0.4 is 4.90 Å². The van der Waals surface area contributed by atoms with Crippen LogP contribution in [0.3, 0.4) is 0 Å². The summed E-state index contributed by atoms with van der Waals surface area (Å²) < 4.78 is 32.2. The second-order valence-electron chi connectivity index (χ2n) is 7.07. The van der Waals surface area contributed by atoms with Crippen molar-refractivity contribution in [1.29, 1.82) is 0 Å². The highest BCUT2D eigenvalue weighted by Gasteiger charge is 2.39. The predicted octanol–water partition coefficient (Wildman–Crippen LogP) is 4.10. The number of ether oxygens (including phenoxy) is 1. The molecular formula is C24H17F2NO5. The lowest BCUT2D eigenvalue weighted by molar-refractivity contribution is 0.0527. The first-order valence-corrected chi connectivity index (χ1v) is 9.74. The van der Waals surface area contributed by atoms with Crippen LogP contribution in [0.5, 0.6) is 0 Å². The number of halogens is 2. The number of esters is 1. The monoisotopic (exact) mass is 437 g/mol. The molecule has 3 aromatic rings. The molecule has 1 N–H and O–H groups in total. The summed E-state index contributed by atoms with van der Waals surface area (Å²) in [5.74, 6) is -4.14. The standard InChI is InChI=1S/C24H17F2NO5/c1-2-32-24(31)17-7-4-15(14-5-8-19(25)20(26)10-14)11-21(17)27-22(29)16-6-3-13(12-28)9-18(16)23(27)30/h3-11,28H,2,12H2,1H3. The fourth-order valence-corrected chi connectivity index (χ4v) is 3.56. The van der Waals surface area contributed by atoms with Gasteiger partial charge in [-0.2, -0.15) is 0 Å². The van der Waals surface area contributed by atoms with Gasteiger partial charge in [0.1, 0.15) is 0 Å². The van der Waals surface area contributed by atoms with Crippen LogP contribution in [0.1, 0.15) is 43.6 Å². The van der Waals surface area contributed by atoms with Crippen LogP contribution in [-0.4, -0.2) is 29.5 Å². The molecule has 0 fully saturated rings. The van der Waals surface area contributed by atoms with E-state index in [-0.39, 0.29) is 35.6 Å². The third-order valence-electron chi connectivity index (χ3n) is 5.12. The quantitative estimate of drug-likeness (QED) is 0.480. The number of hydrogen-bond acceptors (Lipinski definition) is 5. The van der Waals surface area contributed by atoms with E-state index in [1.807, 2.05) is 0 Å². The molecule has 0 radical (unpaired) electrons. The first-order valence-electron chi connectivity index (χ1n) is 9.74. The summed E-state index contributed by atoms with van der Waals surface area (Å²) >= 11 is 0. The molecule has 0 saturated heterocycles. The Morgan fingerprint density at radius 2 is 1.59 bits per heavy atom. The number of nitrogens with zero attached hydrogens (tertiary/aromatic N) is 1. The molecule has 0 spiro atoms. The maximum Gasteiger partial charge on any atom is 0.340 e. The zero-order chi connectivity index (χ0) is 23.0. The minimum absolute atomic E-state index is 0.0323. The molecule has 1 aliphatic rings. The predicted molar refractivity (Wildman–Crippen MR) is 111 cm³/mol. The Labute approximate surface area is 181 Å². The fraction of sp³-hybridized carbons (Fsp3) is 0.125. The van der Waals surface area contributed by atoms with Gasteiger partial charge in [-0.1, -0.05) is 18.2 Å². The SMILES string of the molecule is CCOC(=O)c1ccc(-c2ccc(F)c(F)c2)cc1N1C(=O)c2ccc(CO)cc2C1=O. The summed E-state index contributed by atoms with van der Waals surface area (Å²) in [6.45, 7) is 1.38. The molecule has 0 atom stereocenters. The molecule has 1 heterocycles. The second-order valence-corrected chi connectivity index (χ2v) is 7.07. The zero-order valence-corrected chi connectivity index (χ0v) is 16.9. The highest BCUT2D eigenvalue weighted by Crippen LogP contribution is 2.35. The molecule has 3 aromatic carbocycles. The number of fused-ring (bicyclic) bond motifs is 1. The summed E-state index contributed by atoms with van der Waals surface area (Å²) in [6.07, 6.45) is 0. The number of rotatable bonds is 5. The molecule has 0 aliphatic carbocycles. The zero-order valence-electron chi connectivity index (χ0n) is 16.9. The lowest BCUT2D eigenvalue weighted by Crippen LogP contribution is -2.31.